The van der Waals surface area contributed by atoms with E-state index < -0.39 is 28.9 Å². The molecule has 2 aromatic rings. The summed E-state index contributed by atoms with van der Waals surface area (Å²) < 4.78 is 5.64. The highest BCUT2D eigenvalue weighted by Gasteiger charge is 2.35. The number of benzene rings is 1. The highest BCUT2D eigenvalue weighted by molar-refractivity contribution is 8.01. The van der Waals surface area contributed by atoms with E-state index in [4.69, 9.17) is 4.74 Å². The number of carbonyl (C=O) groups is 2. The fourth-order valence-electron chi connectivity index (χ4n) is 3.11. The van der Waals surface area contributed by atoms with E-state index in [0.29, 0.717) is 22.1 Å². The van der Waals surface area contributed by atoms with Crippen LogP contribution in [0, 0.1) is 28.4 Å². The number of nitro groups is 1. The Bertz CT molecular complexity index is 1020. The van der Waals surface area contributed by atoms with E-state index in [1.807, 2.05) is 12.3 Å². The van der Waals surface area contributed by atoms with Crippen molar-refractivity contribution in [2.24, 2.45) is 0 Å². The van der Waals surface area contributed by atoms with Crippen LogP contribution in [0.15, 0.2) is 32.8 Å². The van der Waals surface area contributed by atoms with Gasteiger partial charge in [0.25, 0.3) is 11.6 Å². The van der Waals surface area contributed by atoms with E-state index >= 15 is 0 Å². The number of nitrogens with zero attached hydrogens (tertiary/aromatic N) is 3. The Morgan fingerprint density at radius 3 is 2.77 bits per heavy atom. The van der Waals surface area contributed by atoms with Crippen LogP contribution in [0.1, 0.15) is 41.7 Å². The zero-order valence-corrected chi connectivity index (χ0v) is 17.7. The normalized spacial score (nSPS) is 14.7. The minimum Gasteiger partial charge on any atom is -0.452 e. The summed E-state index contributed by atoms with van der Waals surface area (Å²) >= 11 is 2.51. The number of ether oxygens (including phenoxy) is 1. The van der Waals surface area contributed by atoms with Gasteiger partial charge in [-0.05, 0) is 44.7 Å². The molecule has 1 heterocycles. The van der Waals surface area contributed by atoms with Crippen molar-refractivity contribution in [3.05, 3.63) is 45.0 Å². The molecule has 0 saturated heterocycles. The molecule has 1 aliphatic rings. The number of rotatable bonds is 7. The highest BCUT2D eigenvalue weighted by Crippen LogP contribution is 2.37. The molecule has 3 rings (SSSR count). The van der Waals surface area contributed by atoms with Crippen LogP contribution in [-0.4, -0.2) is 33.9 Å². The van der Waals surface area contributed by atoms with Gasteiger partial charge in [-0.1, -0.05) is 11.8 Å². The van der Waals surface area contributed by atoms with Crippen molar-refractivity contribution in [1.29, 1.82) is 5.26 Å². The van der Waals surface area contributed by atoms with Gasteiger partial charge in [0.1, 0.15) is 5.54 Å². The van der Waals surface area contributed by atoms with Crippen molar-refractivity contribution in [1.82, 2.24) is 10.3 Å². The third-order valence-electron chi connectivity index (χ3n) is 4.57. The molecule has 30 heavy (non-hydrogen) atoms. The summed E-state index contributed by atoms with van der Waals surface area (Å²) in [5.74, 6) is -1.43. The van der Waals surface area contributed by atoms with E-state index in [9.17, 15) is 25.0 Å². The van der Waals surface area contributed by atoms with Crippen molar-refractivity contribution in [3.8, 4) is 6.07 Å². The smallest absolute Gasteiger partial charge is 0.338 e. The lowest BCUT2D eigenvalue weighted by atomic mass is 10.00. The Morgan fingerprint density at radius 2 is 2.17 bits per heavy atom. The first-order valence-corrected chi connectivity index (χ1v) is 10.8. The average Bonchev–Trinajstić information content (AvgIpc) is 3.35. The lowest BCUT2D eigenvalue weighted by molar-refractivity contribution is -0.387. The van der Waals surface area contributed by atoms with Gasteiger partial charge < -0.3 is 10.1 Å². The molecule has 0 aliphatic heterocycles. The zero-order valence-electron chi connectivity index (χ0n) is 16.0. The summed E-state index contributed by atoms with van der Waals surface area (Å²) in [6.07, 6.45) is 2.82. The molecule has 0 radical (unpaired) electrons. The number of hydrogen-bond acceptors (Lipinski definition) is 9. The van der Waals surface area contributed by atoms with Crippen LogP contribution in [0.25, 0.3) is 0 Å². The minimum absolute atomic E-state index is 0.0370. The van der Waals surface area contributed by atoms with E-state index in [1.165, 1.54) is 23.5 Å². The van der Waals surface area contributed by atoms with E-state index in [1.54, 1.807) is 0 Å². The second-order valence-corrected chi connectivity index (χ2v) is 8.97. The van der Waals surface area contributed by atoms with E-state index in [2.05, 4.69) is 16.4 Å². The number of aromatic nitrogens is 1. The first kappa shape index (κ1) is 21.7. The summed E-state index contributed by atoms with van der Waals surface area (Å²) in [5, 5.41) is 25.2. The number of aryl methyl sites for hydroxylation is 1. The monoisotopic (exact) mass is 446 g/mol. The molecule has 1 fully saturated rings. The lowest BCUT2D eigenvalue weighted by Gasteiger charge is -2.21. The van der Waals surface area contributed by atoms with Crippen LogP contribution in [0.5, 0.6) is 0 Å². The summed E-state index contributed by atoms with van der Waals surface area (Å²) in [6.45, 7) is 1.26. The van der Waals surface area contributed by atoms with Gasteiger partial charge in [-0.3, -0.25) is 14.9 Å². The Kier molecular flexibility index (Phi) is 6.69. The summed E-state index contributed by atoms with van der Waals surface area (Å²) in [7, 11) is 0. The average molecular weight is 447 g/mol. The Hall–Kier alpha value is -2.97. The molecule has 1 aromatic carbocycles. The van der Waals surface area contributed by atoms with Crippen LogP contribution in [0.2, 0.25) is 0 Å². The van der Waals surface area contributed by atoms with Crippen molar-refractivity contribution in [3.63, 3.8) is 0 Å². The molecule has 1 N–H and O–H groups in total. The molecule has 1 aromatic heterocycles. The van der Waals surface area contributed by atoms with Crippen LogP contribution < -0.4 is 5.32 Å². The molecule has 1 aliphatic carbocycles. The third kappa shape index (κ3) is 5.14. The molecular weight excluding hydrogens is 428 g/mol. The van der Waals surface area contributed by atoms with Crippen molar-refractivity contribution >= 4 is 40.7 Å². The maximum absolute atomic E-state index is 12.3. The second-order valence-electron chi connectivity index (χ2n) is 6.82. The van der Waals surface area contributed by atoms with Gasteiger partial charge in [0.15, 0.2) is 10.9 Å². The molecular formula is C19H18N4O5S2. The van der Waals surface area contributed by atoms with Gasteiger partial charge in [-0.2, -0.15) is 5.26 Å². The van der Waals surface area contributed by atoms with Crippen molar-refractivity contribution in [2.45, 2.75) is 47.4 Å². The number of nitro benzene ring substituents is 1. The number of hydrogen-bond donors (Lipinski definition) is 1. The molecule has 0 unspecified atom stereocenters. The molecule has 156 valence electrons. The van der Waals surface area contributed by atoms with Crippen LogP contribution >= 0.6 is 23.1 Å². The largest absolute Gasteiger partial charge is 0.452 e. The number of nitriles is 1. The molecule has 1 amide bonds. The molecule has 1 saturated carbocycles. The maximum Gasteiger partial charge on any atom is 0.338 e. The molecule has 0 spiro atoms. The SMILES string of the molecule is Cc1csc(Sc2ccc(C(=O)OCC(=O)NC3(C#N)CCCC3)cc2[N+](=O)[O-])n1. The van der Waals surface area contributed by atoms with Gasteiger partial charge in [-0.15, -0.1) is 11.3 Å². The third-order valence-corrected chi connectivity index (χ3v) is 6.69. The topological polar surface area (TPSA) is 135 Å². The fraction of sp³-hybridized carbons (Fsp3) is 0.368. The maximum atomic E-state index is 12.3. The molecule has 11 heteroatoms. The Balaban J connectivity index is 1.65. The van der Waals surface area contributed by atoms with E-state index in [-0.39, 0.29) is 11.3 Å². The Labute approximate surface area is 180 Å². The quantitative estimate of drug-likeness (QED) is 0.387. The number of carbonyl (C=O) groups excluding carboxylic acids is 2. The number of nitrogens with one attached hydrogen (secondary N) is 1. The number of esters is 1. The molecule has 0 bridgehead atoms. The van der Waals surface area contributed by atoms with Crippen LogP contribution in [0.3, 0.4) is 0 Å². The van der Waals surface area contributed by atoms with Crippen LogP contribution in [-0.2, 0) is 9.53 Å². The van der Waals surface area contributed by atoms with Crippen molar-refractivity contribution < 1.29 is 19.2 Å². The predicted molar refractivity (Wildman–Crippen MR) is 109 cm³/mol. The molecule has 9 nitrogen and oxygen atoms in total. The van der Waals surface area contributed by atoms with Crippen molar-refractivity contribution in [2.75, 3.05) is 6.61 Å². The summed E-state index contributed by atoms with van der Waals surface area (Å²) in [6, 6.07) is 6.11. The Morgan fingerprint density at radius 1 is 1.43 bits per heavy atom. The fourth-order valence-corrected chi connectivity index (χ4v) is 4.99. The highest BCUT2D eigenvalue weighted by atomic mass is 32.2. The molecule has 0 atom stereocenters. The van der Waals surface area contributed by atoms with Crippen LogP contribution in [0.4, 0.5) is 5.69 Å². The van der Waals surface area contributed by atoms with Gasteiger partial charge in [0.2, 0.25) is 0 Å². The lowest BCUT2D eigenvalue weighted by Crippen LogP contribution is -2.46. The second kappa shape index (κ2) is 9.23. The van der Waals surface area contributed by atoms with Gasteiger partial charge in [0.05, 0.1) is 21.5 Å². The van der Waals surface area contributed by atoms with Gasteiger partial charge in [-0.25, -0.2) is 9.78 Å². The first-order chi connectivity index (χ1) is 14.3. The van der Waals surface area contributed by atoms with Gasteiger partial charge in [0, 0.05) is 17.1 Å². The number of thiazole rings is 1. The predicted octanol–water partition coefficient (Wildman–Crippen LogP) is 3.62. The summed E-state index contributed by atoms with van der Waals surface area (Å²) in [4.78, 5) is 39.8. The van der Waals surface area contributed by atoms with E-state index in [0.717, 1.165) is 36.4 Å². The zero-order chi connectivity index (χ0) is 21.7. The first-order valence-electron chi connectivity index (χ1n) is 9.10. The number of amides is 1. The van der Waals surface area contributed by atoms with Gasteiger partial charge >= 0.3 is 5.97 Å². The summed E-state index contributed by atoms with van der Waals surface area (Å²) in [5.41, 5.74) is -0.374. The standard InChI is InChI=1S/C19H18N4O5S2/c1-12-10-29-18(21-12)30-15-5-4-13(8-14(15)23(26)27)17(25)28-9-16(24)22-19(11-20)6-2-3-7-19/h4-5,8,10H,2-3,6-7,9H2,1H3,(H,22,24). The minimum atomic E-state index is -0.907.